The summed E-state index contributed by atoms with van der Waals surface area (Å²) in [5.41, 5.74) is 3.33. The fraction of sp³-hybridized carbons (Fsp3) is 0.333. The third kappa shape index (κ3) is 1.26. The molecule has 0 N–H and O–H groups in total. The monoisotopic (exact) mass is 232 g/mol. The first-order chi connectivity index (χ1) is 7.66. The Kier molecular flexibility index (Phi) is 2.01. The van der Waals surface area contributed by atoms with Crippen LogP contribution in [0.1, 0.15) is 26.5 Å². The summed E-state index contributed by atoms with van der Waals surface area (Å²) in [7, 11) is 0. The molecule has 3 heterocycles. The molecule has 2 aromatic rings. The second-order valence-corrected chi connectivity index (χ2v) is 5.43. The summed E-state index contributed by atoms with van der Waals surface area (Å²) < 4.78 is 1.95. The van der Waals surface area contributed by atoms with Crippen LogP contribution in [0.25, 0.3) is 11.3 Å². The topological polar surface area (TPSA) is 34.9 Å². The molecular formula is C12H12N2OS. The van der Waals surface area contributed by atoms with Gasteiger partial charge < -0.3 is 0 Å². The fourth-order valence-corrected chi connectivity index (χ4v) is 3.20. The number of Topliss-reactive ketones (excluding diaryl/α,β-unsaturated/α-hetero) is 1. The van der Waals surface area contributed by atoms with E-state index in [4.69, 9.17) is 0 Å². The third-order valence-electron chi connectivity index (χ3n) is 2.94. The Hall–Kier alpha value is -1.42. The van der Waals surface area contributed by atoms with Gasteiger partial charge in [-0.3, -0.25) is 9.48 Å². The fourth-order valence-electron chi connectivity index (χ4n) is 2.22. The van der Waals surface area contributed by atoms with Crippen LogP contribution >= 0.6 is 11.3 Å². The lowest BCUT2D eigenvalue weighted by Crippen LogP contribution is -2.02. The van der Waals surface area contributed by atoms with Crippen LogP contribution in [0.2, 0.25) is 0 Å². The Morgan fingerprint density at radius 1 is 1.44 bits per heavy atom. The molecule has 3 rings (SSSR count). The number of aromatic nitrogens is 2. The lowest BCUT2D eigenvalue weighted by Gasteiger charge is -2.02. The zero-order chi connectivity index (χ0) is 11.3. The Balaban J connectivity index is 2.34. The van der Waals surface area contributed by atoms with E-state index in [9.17, 15) is 4.79 Å². The van der Waals surface area contributed by atoms with Crippen LogP contribution in [0.4, 0.5) is 0 Å². The number of carbonyl (C=O) groups excluding carboxylic acids is 1. The zero-order valence-corrected chi connectivity index (χ0v) is 10.1. The number of rotatable bonds is 0. The smallest absolute Gasteiger partial charge is 0.175 e. The molecule has 0 saturated carbocycles. The SMILES string of the molecule is Cc1cc2c(s1)C(=O)CCn1ncc(C)c1-2. The number of fused-ring (bicyclic) bond motifs is 3. The first-order valence-electron chi connectivity index (χ1n) is 5.33. The molecule has 0 bridgehead atoms. The number of nitrogens with zero attached hydrogens (tertiary/aromatic N) is 2. The molecular weight excluding hydrogens is 220 g/mol. The molecule has 0 atom stereocenters. The number of hydrogen-bond donors (Lipinski definition) is 0. The quantitative estimate of drug-likeness (QED) is 0.700. The van der Waals surface area contributed by atoms with Crippen molar-refractivity contribution in [2.75, 3.05) is 0 Å². The van der Waals surface area contributed by atoms with Crippen molar-refractivity contribution < 1.29 is 4.79 Å². The number of carbonyl (C=O) groups is 1. The van der Waals surface area contributed by atoms with Gasteiger partial charge in [0.1, 0.15) is 0 Å². The van der Waals surface area contributed by atoms with Crippen LogP contribution in [0, 0.1) is 13.8 Å². The number of thiophene rings is 1. The maximum Gasteiger partial charge on any atom is 0.175 e. The molecule has 1 aliphatic rings. The van der Waals surface area contributed by atoms with Crippen molar-refractivity contribution in [2.24, 2.45) is 0 Å². The van der Waals surface area contributed by atoms with E-state index in [1.54, 1.807) is 11.3 Å². The molecule has 82 valence electrons. The second-order valence-electron chi connectivity index (χ2n) is 4.17. The van der Waals surface area contributed by atoms with Crippen LogP contribution in [-0.2, 0) is 6.54 Å². The molecule has 1 aliphatic heterocycles. The van der Waals surface area contributed by atoms with E-state index in [0.717, 1.165) is 21.7 Å². The Labute approximate surface area is 97.7 Å². The highest BCUT2D eigenvalue weighted by atomic mass is 32.1. The predicted octanol–water partition coefficient (Wildman–Crippen LogP) is 2.81. The molecule has 0 fully saturated rings. The van der Waals surface area contributed by atoms with Crippen molar-refractivity contribution in [1.82, 2.24) is 9.78 Å². The summed E-state index contributed by atoms with van der Waals surface area (Å²) in [6.45, 7) is 4.79. The van der Waals surface area contributed by atoms with Gasteiger partial charge in [0, 0.05) is 23.4 Å². The third-order valence-corrected chi connectivity index (χ3v) is 4.03. The summed E-state index contributed by atoms with van der Waals surface area (Å²) in [4.78, 5) is 14.1. The first-order valence-corrected chi connectivity index (χ1v) is 6.15. The van der Waals surface area contributed by atoms with Gasteiger partial charge in [-0.25, -0.2) is 0 Å². The molecule has 0 aliphatic carbocycles. The zero-order valence-electron chi connectivity index (χ0n) is 9.28. The molecule has 0 unspecified atom stereocenters. The normalized spacial score (nSPS) is 14.5. The van der Waals surface area contributed by atoms with E-state index < -0.39 is 0 Å². The largest absolute Gasteiger partial charge is 0.293 e. The minimum absolute atomic E-state index is 0.248. The van der Waals surface area contributed by atoms with Crippen molar-refractivity contribution in [2.45, 2.75) is 26.8 Å². The van der Waals surface area contributed by atoms with Crippen molar-refractivity contribution >= 4 is 17.1 Å². The van der Waals surface area contributed by atoms with Crippen molar-refractivity contribution in [3.8, 4) is 11.3 Å². The van der Waals surface area contributed by atoms with Gasteiger partial charge in [-0.15, -0.1) is 11.3 Å². The highest BCUT2D eigenvalue weighted by Crippen LogP contribution is 2.36. The van der Waals surface area contributed by atoms with Crippen molar-refractivity contribution in [1.29, 1.82) is 0 Å². The molecule has 0 aromatic carbocycles. The van der Waals surface area contributed by atoms with Gasteiger partial charge in [0.25, 0.3) is 0 Å². The minimum Gasteiger partial charge on any atom is -0.293 e. The van der Waals surface area contributed by atoms with Gasteiger partial charge in [-0.1, -0.05) is 0 Å². The van der Waals surface area contributed by atoms with Crippen LogP contribution < -0.4 is 0 Å². The molecule has 0 spiro atoms. The first kappa shape index (κ1) is 9.78. The number of aryl methyl sites for hydroxylation is 3. The highest BCUT2D eigenvalue weighted by Gasteiger charge is 2.24. The van der Waals surface area contributed by atoms with Crippen molar-refractivity contribution in [3.05, 3.63) is 27.6 Å². The van der Waals surface area contributed by atoms with E-state index in [-0.39, 0.29) is 5.78 Å². The standard InChI is InChI=1S/C12H12N2OS/c1-7-6-13-14-4-3-10(15)12-9(11(7)14)5-8(2)16-12/h5-6H,3-4H2,1-2H3. The molecule has 0 saturated heterocycles. The highest BCUT2D eigenvalue weighted by molar-refractivity contribution is 7.14. The van der Waals surface area contributed by atoms with E-state index in [1.165, 1.54) is 4.88 Å². The minimum atomic E-state index is 0.248. The van der Waals surface area contributed by atoms with Crippen LogP contribution in [0.3, 0.4) is 0 Å². The van der Waals surface area contributed by atoms with Gasteiger partial charge >= 0.3 is 0 Å². The molecule has 3 nitrogen and oxygen atoms in total. The lowest BCUT2D eigenvalue weighted by molar-refractivity contribution is 0.0982. The molecule has 0 radical (unpaired) electrons. The van der Waals surface area contributed by atoms with E-state index in [1.807, 2.05) is 24.7 Å². The van der Waals surface area contributed by atoms with Gasteiger partial charge in [0.2, 0.25) is 0 Å². The Morgan fingerprint density at radius 2 is 2.25 bits per heavy atom. The molecule has 0 amide bonds. The second kappa shape index (κ2) is 3.28. The van der Waals surface area contributed by atoms with Gasteiger partial charge in [-0.2, -0.15) is 5.10 Å². The molecule has 2 aromatic heterocycles. The van der Waals surface area contributed by atoms with Crippen LogP contribution in [0.15, 0.2) is 12.3 Å². The van der Waals surface area contributed by atoms with Crippen molar-refractivity contribution in [3.63, 3.8) is 0 Å². The molecule has 4 heteroatoms. The summed E-state index contributed by atoms with van der Waals surface area (Å²) in [6.07, 6.45) is 2.43. The number of ketones is 1. The predicted molar refractivity (Wildman–Crippen MR) is 64.0 cm³/mol. The summed E-state index contributed by atoms with van der Waals surface area (Å²) in [5, 5.41) is 4.33. The van der Waals surface area contributed by atoms with E-state index in [2.05, 4.69) is 11.2 Å². The maximum atomic E-state index is 12.0. The van der Waals surface area contributed by atoms with Gasteiger partial charge in [0.15, 0.2) is 5.78 Å². The average Bonchev–Trinajstić information content (AvgIpc) is 2.75. The Bertz CT molecular complexity index is 580. The summed E-state index contributed by atoms with van der Waals surface area (Å²) in [6, 6.07) is 2.10. The van der Waals surface area contributed by atoms with E-state index in [0.29, 0.717) is 13.0 Å². The van der Waals surface area contributed by atoms with Crippen LogP contribution in [0.5, 0.6) is 0 Å². The molecule has 16 heavy (non-hydrogen) atoms. The summed E-state index contributed by atoms with van der Waals surface area (Å²) >= 11 is 1.60. The lowest BCUT2D eigenvalue weighted by atomic mass is 10.1. The van der Waals surface area contributed by atoms with E-state index >= 15 is 0 Å². The maximum absolute atomic E-state index is 12.0. The van der Waals surface area contributed by atoms with Gasteiger partial charge in [-0.05, 0) is 25.5 Å². The Morgan fingerprint density at radius 3 is 3.06 bits per heavy atom. The van der Waals surface area contributed by atoms with Crippen LogP contribution in [-0.4, -0.2) is 15.6 Å². The average molecular weight is 232 g/mol. The summed E-state index contributed by atoms with van der Waals surface area (Å²) in [5.74, 6) is 0.248. The van der Waals surface area contributed by atoms with Gasteiger partial charge in [0.05, 0.1) is 16.8 Å². The number of hydrogen-bond acceptors (Lipinski definition) is 3.